The lowest BCUT2D eigenvalue weighted by Gasteiger charge is -2.14. The van der Waals surface area contributed by atoms with Crippen LogP contribution in [0.25, 0.3) is 5.69 Å². The van der Waals surface area contributed by atoms with Gasteiger partial charge in [-0.2, -0.15) is 5.10 Å². The third-order valence-electron chi connectivity index (χ3n) is 4.41. The summed E-state index contributed by atoms with van der Waals surface area (Å²) in [6, 6.07) is 16.1. The highest BCUT2D eigenvalue weighted by Crippen LogP contribution is 2.17. The van der Waals surface area contributed by atoms with E-state index in [0.29, 0.717) is 25.7 Å². The van der Waals surface area contributed by atoms with E-state index in [1.54, 1.807) is 29.9 Å². The summed E-state index contributed by atoms with van der Waals surface area (Å²) in [5.74, 6) is 1.27. The van der Waals surface area contributed by atoms with Gasteiger partial charge in [-0.3, -0.25) is 4.99 Å². The van der Waals surface area contributed by atoms with Crippen LogP contribution in [0.4, 0.5) is 4.39 Å². The second-order valence-electron chi connectivity index (χ2n) is 6.54. The number of benzene rings is 2. The van der Waals surface area contributed by atoms with Crippen molar-refractivity contribution >= 4 is 29.9 Å². The minimum absolute atomic E-state index is 0. The van der Waals surface area contributed by atoms with Crippen LogP contribution < -0.4 is 15.4 Å². The van der Waals surface area contributed by atoms with Crippen LogP contribution in [-0.4, -0.2) is 35.9 Å². The molecular formula is C23H27FIN5O. The number of nitrogens with zero attached hydrogens (tertiary/aromatic N) is 3. The molecule has 0 unspecified atom stereocenters. The highest BCUT2D eigenvalue weighted by molar-refractivity contribution is 14.0. The maximum Gasteiger partial charge on any atom is 0.191 e. The third kappa shape index (κ3) is 7.39. The van der Waals surface area contributed by atoms with Crippen molar-refractivity contribution < 1.29 is 9.13 Å². The first kappa shape index (κ1) is 24.4. The summed E-state index contributed by atoms with van der Waals surface area (Å²) >= 11 is 0. The third-order valence-corrected chi connectivity index (χ3v) is 4.41. The quantitative estimate of drug-likeness (QED) is 0.188. The van der Waals surface area contributed by atoms with E-state index in [2.05, 4.69) is 27.3 Å². The second-order valence-corrected chi connectivity index (χ2v) is 6.54. The van der Waals surface area contributed by atoms with Crippen molar-refractivity contribution in [2.75, 3.05) is 20.2 Å². The first-order valence-electron chi connectivity index (χ1n) is 9.76. The predicted octanol–water partition coefficient (Wildman–Crippen LogP) is 4.10. The fraction of sp³-hybridized carbons (Fsp3) is 0.217. The summed E-state index contributed by atoms with van der Waals surface area (Å²) in [6.07, 6.45) is 4.33. The van der Waals surface area contributed by atoms with Gasteiger partial charge < -0.3 is 15.4 Å². The molecule has 0 radical (unpaired) electrons. The van der Waals surface area contributed by atoms with Gasteiger partial charge in [-0.15, -0.1) is 24.0 Å². The lowest BCUT2D eigenvalue weighted by Crippen LogP contribution is -2.38. The number of hydrogen-bond acceptors (Lipinski definition) is 3. The van der Waals surface area contributed by atoms with Gasteiger partial charge in [0.1, 0.15) is 18.2 Å². The van der Waals surface area contributed by atoms with Crippen molar-refractivity contribution in [3.05, 3.63) is 90.5 Å². The Hall–Kier alpha value is -2.88. The van der Waals surface area contributed by atoms with Crippen LogP contribution >= 0.6 is 24.0 Å². The molecule has 8 heteroatoms. The molecule has 2 aromatic carbocycles. The standard InChI is InChI=1S/C23H26FN5O.HI/c1-3-16-30-22-7-5-4-6-18(22)17-27-23(25-2)26-14-12-20-13-15-29(28-20)21-10-8-19(24)9-11-21;/h3-11,13,15H,1,12,14,16-17H2,2H3,(H2,25,26,27);1H. The Morgan fingerprint density at radius 1 is 1.16 bits per heavy atom. The summed E-state index contributed by atoms with van der Waals surface area (Å²) in [5, 5.41) is 11.1. The fourth-order valence-electron chi connectivity index (χ4n) is 2.88. The van der Waals surface area contributed by atoms with Gasteiger partial charge in [0, 0.05) is 38.3 Å². The molecule has 0 atom stereocenters. The number of para-hydroxylation sites is 1. The molecule has 164 valence electrons. The molecule has 0 fully saturated rings. The number of halogens is 2. The van der Waals surface area contributed by atoms with Gasteiger partial charge in [0.05, 0.1) is 11.4 Å². The number of ether oxygens (including phenoxy) is 1. The molecule has 0 saturated heterocycles. The number of hydrogen-bond donors (Lipinski definition) is 2. The zero-order valence-corrected chi connectivity index (χ0v) is 19.8. The van der Waals surface area contributed by atoms with Crippen LogP contribution in [0.15, 0.2) is 78.4 Å². The van der Waals surface area contributed by atoms with Crippen molar-refractivity contribution in [2.24, 2.45) is 4.99 Å². The van der Waals surface area contributed by atoms with Crippen LogP contribution in [0.3, 0.4) is 0 Å². The maximum absolute atomic E-state index is 13.1. The molecule has 0 aliphatic heterocycles. The summed E-state index contributed by atoms with van der Waals surface area (Å²) in [7, 11) is 1.73. The normalized spacial score (nSPS) is 10.8. The molecule has 3 rings (SSSR count). The largest absolute Gasteiger partial charge is 0.489 e. The Morgan fingerprint density at radius 3 is 2.68 bits per heavy atom. The maximum atomic E-state index is 13.1. The first-order chi connectivity index (χ1) is 14.7. The zero-order chi connectivity index (χ0) is 21.2. The molecule has 2 N–H and O–H groups in total. The molecule has 0 spiro atoms. The van der Waals surface area contributed by atoms with Gasteiger partial charge in [-0.25, -0.2) is 9.07 Å². The first-order valence-corrected chi connectivity index (χ1v) is 9.76. The lowest BCUT2D eigenvalue weighted by atomic mass is 10.2. The molecule has 0 aliphatic carbocycles. The van der Waals surface area contributed by atoms with E-state index < -0.39 is 0 Å². The van der Waals surface area contributed by atoms with Gasteiger partial charge in [0.2, 0.25) is 0 Å². The SMILES string of the molecule is C=CCOc1ccccc1CNC(=NC)NCCc1ccn(-c2ccc(F)cc2)n1.I. The highest BCUT2D eigenvalue weighted by atomic mass is 127. The number of rotatable bonds is 9. The second kappa shape index (κ2) is 12.7. The van der Waals surface area contributed by atoms with Crippen LogP contribution in [0, 0.1) is 5.82 Å². The Labute approximate surface area is 199 Å². The molecule has 1 aromatic heterocycles. The van der Waals surface area contributed by atoms with E-state index in [4.69, 9.17) is 4.74 Å². The van der Waals surface area contributed by atoms with E-state index >= 15 is 0 Å². The van der Waals surface area contributed by atoms with Crippen LogP contribution in [0.1, 0.15) is 11.3 Å². The summed E-state index contributed by atoms with van der Waals surface area (Å²) in [6.45, 7) is 5.41. The molecule has 3 aromatic rings. The molecule has 1 heterocycles. The van der Waals surface area contributed by atoms with Gasteiger partial charge in [0.25, 0.3) is 0 Å². The Bertz CT molecular complexity index is 988. The minimum Gasteiger partial charge on any atom is -0.489 e. The summed E-state index contributed by atoms with van der Waals surface area (Å²) in [4.78, 5) is 4.26. The Morgan fingerprint density at radius 2 is 1.94 bits per heavy atom. The van der Waals surface area contributed by atoms with Crippen LogP contribution in [0.5, 0.6) is 5.75 Å². The van der Waals surface area contributed by atoms with Crippen LogP contribution in [0.2, 0.25) is 0 Å². The highest BCUT2D eigenvalue weighted by Gasteiger charge is 2.05. The minimum atomic E-state index is -0.260. The van der Waals surface area contributed by atoms with Crippen molar-refractivity contribution in [2.45, 2.75) is 13.0 Å². The Balaban J connectivity index is 0.00000341. The van der Waals surface area contributed by atoms with Gasteiger partial charge in [-0.05, 0) is 36.4 Å². The molecule has 0 amide bonds. The monoisotopic (exact) mass is 535 g/mol. The van der Waals surface area contributed by atoms with Gasteiger partial charge in [0.15, 0.2) is 5.96 Å². The smallest absolute Gasteiger partial charge is 0.191 e. The molecule has 0 aliphatic rings. The summed E-state index contributed by atoms with van der Waals surface area (Å²) < 4.78 is 20.5. The Kier molecular flexibility index (Phi) is 10.0. The molecular weight excluding hydrogens is 508 g/mol. The van der Waals surface area contributed by atoms with Gasteiger partial charge >= 0.3 is 0 Å². The fourth-order valence-corrected chi connectivity index (χ4v) is 2.88. The van der Waals surface area contributed by atoms with E-state index in [0.717, 1.165) is 29.1 Å². The zero-order valence-electron chi connectivity index (χ0n) is 17.4. The topological polar surface area (TPSA) is 63.5 Å². The predicted molar refractivity (Wildman–Crippen MR) is 133 cm³/mol. The molecule has 0 bridgehead atoms. The van der Waals surface area contributed by atoms with Crippen molar-refractivity contribution in [1.82, 2.24) is 20.4 Å². The van der Waals surface area contributed by atoms with Crippen molar-refractivity contribution in [1.29, 1.82) is 0 Å². The number of guanidine groups is 1. The molecule has 0 saturated carbocycles. The van der Waals surface area contributed by atoms with E-state index in [1.165, 1.54) is 12.1 Å². The number of nitrogens with one attached hydrogen (secondary N) is 2. The van der Waals surface area contributed by atoms with Crippen molar-refractivity contribution in [3.8, 4) is 11.4 Å². The van der Waals surface area contributed by atoms with E-state index in [9.17, 15) is 4.39 Å². The number of aliphatic imine (C=N–C) groups is 1. The average Bonchev–Trinajstić information content (AvgIpc) is 3.24. The van der Waals surface area contributed by atoms with E-state index in [1.807, 2.05) is 36.5 Å². The number of aromatic nitrogens is 2. The van der Waals surface area contributed by atoms with Gasteiger partial charge in [-0.1, -0.05) is 30.9 Å². The summed E-state index contributed by atoms with van der Waals surface area (Å²) in [5.41, 5.74) is 2.80. The molecule has 31 heavy (non-hydrogen) atoms. The van der Waals surface area contributed by atoms with Crippen molar-refractivity contribution in [3.63, 3.8) is 0 Å². The van der Waals surface area contributed by atoms with E-state index in [-0.39, 0.29) is 29.8 Å². The average molecular weight is 535 g/mol. The van der Waals surface area contributed by atoms with Crippen LogP contribution in [-0.2, 0) is 13.0 Å². The molecule has 6 nitrogen and oxygen atoms in total. The lowest BCUT2D eigenvalue weighted by molar-refractivity contribution is 0.358.